The quantitative estimate of drug-likeness (QED) is 0.676. The standard InChI is InChI=1S/C23H28N4O3/c1-3-30-19-8-9-20-21(14-19)27(23(29)26(20)2)15-16-4-6-17(7-5-16)22(28)25-18-10-12-24-13-11-18/h8-14,16-17H,3-7,15H2,1-2H3,(H,24,25,28). The molecule has 7 heteroatoms. The average Bonchev–Trinajstić information content (AvgIpc) is 2.99. The first-order valence-electron chi connectivity index (χ1n) is 10.6. The Kier molecular flexibility index (Phi) is 5.88. The summed E-state index contributed by atoms with van der Waals surface area (Å²) in [6, 6.07) is 9.40. The van der Waals surface area contributed by atoms with Crippen molar-refractivity contribution < 1.29 is 9.53 Å². The third-order valence-electron chi connectivity index (χ3n) is 6.03. The SMILES string of the molecule is CCOc1ccc2c(c1)n(CC1CCC(C(=O)Nc3ccncc3)CC1)c(=O)n2C. The smallest absolute Gasteiger partial charge is 0.328 e. The van der Waals surface area contributed by atoms with Crippen LogP contribution in [0.3, 0.4) is 0 Å². The largest absolute Gasteiger partial charge is 0.494 e. The third-order valence-corrected chi connectivity index (χ3v) is 6.03. The van der Waals surface area contributed by atoms with E-state index in [2.05, 4.69) is 10.3 Å². The highest BCUT2D eigenvalue weighted by Gasteiger charge is 2.27. The van der Waals surface area contributed by atoms with Crippen LogP contribution in [0.1, 0.15) is 32.6 Å². The van der Waals surface area contributed by atoms with Crippen molar-refractivity contribution in [3.05, 3.63) is 53.2 Å². The summed E-state index contributed by atoms with van der Waals surface area (Å²) < 4.78 is 9.18. The number of imidazole rings is 1. The molecule has 30 heavy (non-hydrogen) atoms. The molecule has 0 spiro atoms. The molecule has 4 rings (SSSR count). The van der Waals surface area contributed by atoms with Crippen LogP contribution in [0.4, 0.5) is 5.69 Å². The fraction of sp³-hybridized carbons (Fsp3) is 0.435. The Morgan fingerprint density at radius 3 is 2.57 bits per heavy atom. The number of aryl methyl sites for hydroxylation is 1. The minimum Gasteiger partial charge on any atom is -0.494 e. The summed E-state index contributed by atoms with van der Waals surface area (Å²) in [4.78, 5) is 29.4. The van der Waals surface area contributed by atoms with Gasteiger partial charge in [-0.25, -0.2) is 4.79 Å². The molecule has 1 aliphatic rings. The first-order valence-corrected chi connectivity index (χ1v) is 10.6. The molecule has 1 aliphatic carbocycles. The minimum absolute atomic E-state index is 0.00352. The molecule has 1 aromatic carbocycles. The summed E-state index contributed by atoms with van der Waals surface area (Å²) in [6.45, 7) is 3.21. The van der Waals surface area contributed by atoms with E-state index < -0.39 is 0 Å². The zero-order chi connectivity index (χ0) is 21.1. The van der Waals surface area contributed by atoms with Gasteiger partial charge in [0.05, 0.1) is 17.6 Å². The highest BCUT2D eigenvalue weighted by Crippen LogP contribution is 2.31. The average molecular weight is 409 g/mol. The number of anilines is 1. The summed E-state index contributed by atoms with van der Waals surface area (Å²) in [5.74, 6) is 1.25. The van der Waals surface area contributed by atoms with E-state index in [4.69, 9.17) is 4.74 Å². The van der Waals surface area contributed by atoms with Crippen molar-refractivity contribution in [3.63, 3.8) is 0 Å². The van der Waals surface area contributed by atoms with Crippen LogP contribution in [-0.4, -0.2) is 26.6 Å². The molecule has 158 valence electrons. The molecule has 0 aliphatic heterocycles. The van der Waals surface area contributed by atoms with E-state index >= 15 is 0 Å². The molecule has 1 amide bonds. The van der Waals surface area contributed by atoms with Gasteiger partial charge in [-0.2, -0.15) is 0 Å². The fourth-order valence-electron chi connectivity index (χ4n) is 4.37. The summed E-state index contributed by atoms with van der Waals surface area (Å²) in [5.41, 5.74) is 2.60. The second-order valence-corrected chi connectivity index (χ2v) is 7.98. The molecule has 0 radical (unpaired) electrons. The van der Waals surface area contributed by atoms with E-state index in [0.717, 1.165) is 48.2 Å². The van der Waals surface area contributed by atoms with Crippen LogP contribution in [0, 0.1) is 11.8 Å². The maximum atomic E-state index is 12.8. The fourth-order valence-corrected chi connectivity index (χ4v) is 4.37. The van der Waals surface area contributed by atoms with E-state index in [1.54, 1.807) is 29.1 Å². The van der Waals surface area contributed by atoms with Gasteiger partial charge < -0.3 is 10.1 Å². The Labute approximate surface area is 175 Å². The Bertz CT molecular complexity index is 1080. The Morgan fingerprint density at radius 1 is 1.13 bits per heavy atom. The number of benzene rings is 1. The molecular formula is C23H28N4O3. The van der Waals surface area contributed by atoms with E-state index in [0.29, 0.717) is 19.1 Å². The number of hydrogen-bond acceptors (Lipinski definition) is 4. The van der Waals surface area contributed by atoms with E-state index in [-0.39, 0.29) is 17.5 Å². The number of pyridine rings is 1. The van der Waals surface area contributed by atoms with Crippen molar-refractivity contribution in [2.45, 2.75) is 39.2 Å². The molecular weight excluding hydrogens is 380 g/mol. The minimum atomic E-state index is -0.00352. The second-order valence-electron chi connectivity index (χ2n) is 7.98. The van der Waals surface area contributed by atoms with Gasteiger partial charge >= 0.3 is 5.69 Å². The third kappa shape index (κ3) is 4.10. The van der Waals surface area contributed by atoms with E-state index in [1.807, 2.05) is 36.7 Å². The van der Waals surface area contributed by atoms with Gasteiger partial charge in [0.2, 0.25) is 5.91 Å². The van der Waals surface area contributed by atoms with Crippen molar-refractivity contribution in [1.82, 2.24) is 14.1 Å². The number of rotatable bonds is 6. The molecule has 0 unspecified atom stereocenters. The lowest BCUT2D eigenvalue weighted by atomic mass is 9.81. The first kappa shape index (κ1) is 20.2. The van der Waals surface area contributed by atoms with Crippen LogP contribution in [0.15, 0.2) is 47.5 Å². The van der Waals surface area contributed by atoms with Gasteiger partial charge in [0.1, 0.15) is 5.75 Å². The first-order chi connectivity index (χ1) is 14.6. The summed E-state index contributed by atoms with van der Waals surface area (Å²) in [7, 11) is 1.81. The molecule has 1 fully saturated rings. The van der Waals surface area contributed by atoms with Crippen LogP contribution < -0.4 is 15.7 Å². The van der Waals surface area contributed by atoms with Crippen molar-refractivity contribution in [1.29, 1.82) is 0 Å². The lowest BCUT2D eigenvalue weighted by Gasteiger charge is -2.28. The van der Waals surface area contributed by atoms with Crippen LogP contribution in [0.2, 0.25) is 0 Å². The highest BCUT2D eigenvalue weighted by atomic mass is 16.5. The van der Waals surface area contributed by atoms with Gasteiger partial charge in [0.15, 0.2) is 0 Å². The molecule has 1 N–H and O–H groups in total. The lowest BCUT2D eigenvalue weighted by Crippen LogP contribution is -2.30. The monoisotopic (exact) mass is 408 g/mol. The molecule has 0 saturated heterocycles. The Hall–Kier alpha value is -3.09. The number of carbonyl (C=O) groups excluding carboxylic acids is 1. The Morgan fingerprint density at radius 2 is 1.87 bits per heavy atom. The predicted molar refractivity (Wildman–Crippen MR) is 117 cm³/mol. The van der Waals surface area contributed by atoms with E-state index in [9.17, 15) is 9.59 Å². The molecule has 0 atom stereocenters. The topological polar surface area (TPSA) is 78.2 Å². The second kappa shape index (κ2) is 8.73. The summed E-state index contributed by atoms with van der Waals surface area (Å²) in [5, 5.41) is 2.98. The van der Waals surface area contributed by atoms with Crippen LogP contribution in [0.25, 0.3) is 11.0 Å². The lowest BCUT2D eigenvalue weighted by molar-refractivity contribution is -0.121. The van der Waals surface area contributed by atoms with Gasteiger partial charge in [-0.1, -0.05) is 0 Å². The molecule has 2 heterocycles. The summed E-state index contributed by atoms with van der Waals surface area (Å²) in [6.07, 6.45) is 6.89. The predicted octanol–water partition coefficient (Wildman–Crippen LogP) is 3.58. The highest BCUT2D eigenvalue weighted by molar-refractivity contribution is 5.92. The number of carbonyl (C=O) groups is 1. The van der Waals surface area contributed by atoms with E-state index in [1.165, 1.54) is 0 Å². The van der Waals surface area contributed by atoms with Gasteiger partial charge in [-0.15, -0.1) is 0 Å². The maximum Gasteiger partial charge on any atom is 0.328 e. The normalized spacial score (nSPS) is 19.0. The number of nitrogens with one attached hydrogen (secondary N) is 1. The zero-order valence-corrected chi connectivity index (χ0v) is 17.5. The number of ether oxygens (including phenoxy) is 1. The van der Waals surface area contributed by atoms with Crippen molar-refractivity contribution >= 4 is 22.6 Å². The van der Waals surface area contributed by atoms with Crippen LogP contribution in [0.5, 0.6) is 5.75 Å². The molecule has 2 aromatic heterocycles. The zero-order valence-electron chi connectivity index (χ0n) is 17.5. The summed E-state index contributed by atoms with van der Waals surface area (Å²) >= 11 is 0. The van der Waals surface area contributed by atoms with Gasteiger partial charge in [-0.05, 0) is 62.8 Å². The van der Waals surface area contributed by atoms with Crippen molar-refractivity contribution in [2.75, 3.05) is 11.9 Å². The van der Waals surface area contributed by atoms with Crippen molar-refractivity contribution in [3.8, 4) is 5.75 Å². The number of amides is 1. The van der Waals surface area contributed by atoms with Crippen LogP contribution in [-0.2, 0) is 18.4 Å². The van der Waals surface area contributed by atoms with Gasteiger partial charge in [-0.3, -0.25) is 18.9 Å². The number of hydrogen-bond donors (Lipinski definition) is 1. The van der Waals surface area contributed by atoms with Crippen molar-refractivity contribution in [2.24, 2.45) is 18.9 Å². The molecule has 7 nitrogen and oxygen atoms in total. The molecule has 1 saturated carbocycles. The van der Waals surface area contributed by atoms with Crippen LogP contribution >= 0.6 is 0 Å². The number of aromatic nitrogens is 3. The van der Waals surface area contributed by atoms with Gasteiger partial charge in [0.25, 0.3) is 0 Å². The molecule has 0 bridgehead atoms. The maximum absolute atomic E-state index is 12.8. The number of fused-ring (bicyclic) bond motifs is 1. The Balaban J connectivity index is 1.43. The molecule has 3 aromatic rings. The number of nitrogens with zero attached hydrogens (tertiary/aromatic N) is 3. The van der Waals surface area contributed by atoms with Gasteiger partial charge in [0, 0.05) is 43.7 Å².